The minimum Gasteiger partial charge on any atom is -0.384 e. The molecule has 2 N–H and O–H groups in total. The summed E-state index contributed by atoms with van der Waals surface area (Å²) in [5, 5.41) is 3.27. The summed E-state index contributed by atoms with van der Waals surface area (Å²) >= 11 is 1.29. The summed E-state index contributed by atoms with van der Waals surface area (Å²) in [6, 6.07) is 6.99. The molecule has 0 bridgehead atoms. The Kier molecular flexibility index (Phi) is 6.41. The monoisotopic (exact) mass is 353 g/mol. The second-order valence-corrected chi connectivity index (χ2v) is 8.32. The summed E-state index contributed by atoms with van der Waals surface area (Å²) in [5.41, 5.74) is 0.897. The van der Waals surface area contributed by atoms with Gasteiger partial charge in [0.25, 0.3) is 10.0 Å². The van der Waals surface area contributed by atoms with Gasteiger partial charge in [-0.25, -0.2) is 13.4 Å². The Morgan fingerprint density at radius 3 is 2.57 bits per heavy atom. The van der Waals surface area contributed by atoms with Crippen molar-refractivity contribution >= 4 is 32.9 Å². The molecule has 0 unspecified atom stereocenters. The largest absolute Gasteiger partial charge is 0.384 e. The molecule has 0 saturated carbocycles. The first kappa shape index (κ1) is 17.7. The molecule has 0 radical (unpaired) electrons. The van der Waals surface area contributed by atoms with Crippen LogP contribution in [0.1, 0.15) is 38.0 Å². The van der Waals surface area contributed by atoms with Gasteiger partial charge < -0.3 is 5.32 Å². The van der Waals surface area contributed by atoms with Gasteiger partial charge in [0.15, 0.2) is 0 Å². The van der Waals surface area contributed by atoms with Gasteiger partial charge in [0, 0.05) is 11.4 Å². The highest BCUT2D eigenvalue weighted by Gasteiger charge is 2.17. The van der Waals surface area contributed by atoms with E-state index in [1.165, 1.54) is 24.2 Å². The summed E-state index contributed by atoms with van der Waals surface area (Å²) in [6.07, 6.45) is 5.97. The maximum Gasteiger partial charge on any atom is 0.272 e. The number of hydrogen-bond donors (Lipinski definition) is 2. The number of nitrogens with zero attached hydrogens (tertiary/aromatic N) is 1. The molecule has 2 aromatic rings. The van der Waals surface area contributed by atoms with Crippen LogP contribution in [-0.4, -0.2) is 19.9 Å². The highest BCUT2D eigenvalue weighted by molar-refractivity contribution is 7.94. The summed E-state index contributed by atoms with van der Waals surface area (Å²) < 4.78 is 27.4. The molecule has 0 amide bonds. The molecular weight excluding hydrogens is 330 g/mol. The van der Waals surface area contributed by atoms with E-state index in [-0.39, 0.29) is 0 Å². The molecule has 23 heavy (non-hydrogen) atoms. The molecule has 0 aliphatic rings. The van der Waals surface area contributed by atoms with Crippen molar-refractivity contribution < 1.29 is 8.42 Å². The average Bonchev–Trinajstić information content (AvgIpc) is 3.03. The van der Waals surface area contributed by atoms with Crippen molar-refractivity contribution in [3.05, 3.63) is 35.3 Å². The molecule has 0 saturated heterocycles. The molecule has 0 aromatic carbocycles. The SMILES string of the molecule is CCCCCNc1ccc(NS(=O)(=O)c2ccc(CC)s2)nc1. The van der Waals surface area contributed by atoms with Crippen LogP contribution in [0.15, 0.2) is 34.7 Å². The van der Waals surface area contributed by atoms with E-state index in [0.717, 1.165) is 30.0 Å². The number of thiophene rings is 1. The van der Waals surface area contributed by atoms with Crippen LogP contribution in [0.2, 0.25) is 0 Å². The molecule has 0 aliphatic carbocycles. The number of anilines is 2. The first-order valence-corrected chi connectivity index (χ1v) is 10.2. The quantitative estimate of drug-likeness (QED) is 0.666. The highest BCUT2D eigenvalue weighted by Crippen LogP contribution is 2.24. The Morgan fingerprint density at radius 1 is 1.13 bits per heavy atom. The third kappa shape index (κ3) is 5.21. The lowest BCUT2D eigenvalue weighted by molar-refractivity contribution is 0.603. The number of nitrogens with one attached hydrogen (secondary N) is 2. The van der Waals surface area contributed by atoms with Crippen molar-refractivity contribution in [2.24, 2.45) is 0 Å². The summed E-state index contributed by atoms with van der Waals surface area (Å²) in [6.45, 7) is 5.07. The van der Waals surface area contributed by atoms with Crippen molar-refractivity contribution in [3.8, 4) is 0 Å². The van der Waals surface area contributed by atoms with Crippen LogP contribution in [-0.2, 0) is 16.4 Å². The summed E-state index contributed by atoms with van der Waals surface area (Å²) in [4.78, 5) is 5.21. The first-order valence-electron chi connectivity index (χ1n) is 7.86. The predicted molar refractivity (Wildman–Crippen MR) is 96.8 cm³/mol. The number of sulfonamides is 1. The molecule has 2 aromatic heterocycles. The van der Waals surface area contributed by atoms with Crippen molar-refractivity contribution in [2.75, 3.05) is 16.6 Å². The Bertz CT molecular complexity index is 709. The zero-order valence-corrected chi connectivity index (χ0v) is 15.1. The zero-order chi connectivity index (χ0) is 16.7. The lowest BCUT2D eigenvalue weighted by Crippen LogP contribution is -2.12. The van der Waals surface area contributed by atoms with E-state index >= 15 is 0 Å². The average molecular weight is 354 g/mol. The Balaban J connectivity index is 1.97. The smallest absolute Gasteiger partial charge is 0.272 e. The Morgan fingerprint density at radius 2 is 1.96 bits per heavy atom. The van der Waals surface area contributed by atoms with Crippen LogP contribution in [0.25, 0.3) is 0 Å². The van der Waals surface area contributed by atoms with Gasteiger partial charge in [0.1, 0.15) is 10.0 Å². The van der Waals surface area contributed by atoms with Crippen molar-refractivity contribution in [2.45, 2.75) is 43.7 Å². The maximum atomic E-state index is 12.3. The molecule has 126 valence electrons. The molecule has 0 atom stereocenters. The molecular formula is C16H23N3O2S2. The molecule has 5 nitrogen and oxygen atoms in total. The lowest BCUT2D eigenvalue weighted by Gasteiger charge is -2.08. The van der Waals surface area contributed by atoms with Gasteiger partial charge in [0.05, 0.1) is 11.9 Å². The van der Waals surface area contributed by atoms with Crippen LogP contribution >= 0.6 is 11.3 Å². The number of aromatic nitrogens is 1. The van der Waals surface area contributed by atoms with E-state index in [9.17, 15) is 8.42 Å². The van der Waals surface area contributed by atoms with E-state index in [0.29, 0.717) is 10.0 Å². The standard InChI is InChI=1S/C16H23N3O2S2/c1-3-5-6-11-17-13-7-9-15(18-12-13)19-23(20,21)16-10-8-14(4-2)22-16/h7-10,12,17H,3-6,11H2,1-2H3,(H,18,19). The fourth-order valence-electron chi connectivity index (χ4n) is 2.05. The normalized spacial score (nSPS) is 11.4. The van der Waals surface area contributed by atoms with Gasteiger partial charge in [-0.1, -0.05) is 26.7 Å². The molecule has 2 rings (SSSR count). The highest BCUT2D eigenvalue weighted by atomic mass is 32.2. The maximum absolute atomic E-state index is 12.3. The van der Waals surface area contributed by atoms with E-state index in [1.807, 2.05) is 19.1 Å². The minimum atomic E-state index is -3.55. The van der Waals surface area contributed by atoms with Gasteiger partial charge in [-0.3, -0.25) is 4.72 Å². The molecule has 7 heteroatoms. The number of unbranched alkanes of at least 4 members (excludes halogenated alkanes) is 2. The van der Waals surface area contributed by atoms with E-state index in [1.54, 1.807) is 18.3 Å². The van der Waals surface area contributed by atoms with Crippen molar-refractivity contribution in [3.63, 3.8) is 0 Å². The van der Waals surface area contributed by atoms with E-state index < -0.39 is 10.0 Å². The van der Waals surface area contributed by atoms with Crippen molar-refractivity contribution in [1.82, 2.24) is 4.98 Å². The number of hydrogen-bond acceptors (Lipinski definition) is 5. The fourth-order valence-corrected chi connectivity index (χ4v) is 4.35. The van der Waals surface area contributed by atoms with Gasteiger partial charge in [-0.15, -0.1) is 11.3 Å². The Hall–Kier alpha value is -1.60. The van der Waals surface area contributed by atoms with Gasteiger partial charge in [-0.05, 0) is 37.1 Å². The van der Waals surface area contributed by atoms with Crippen LogP contribution in [0.3, 0.4) is 0 Å². The lowest BCUT2D eigenvalue weighted by atomic mass is 10.2. The second kappa shape index (κ2) is 8.31. The van der Waals surface area contributed by atoms with Crippen LogP contribution in [0.5, 0.6) is 0 Å². The topological polar surface area (TPSA) is 71.1 Å². The zero-order valence-electron chi connectivity index (χ0n) is 13.5. The Labute approximate surface area is 142 Å². The van der Waals surface area contributed by atoms with E-state index in [2.05, 4.69) is 21.9 Å². The predicted octanol–water partition coefficient (Wildman–Crippen LogP) is 4.11. The minimum absolute atomic E-state index is 0.318. The summed E-state index contributed by atoms with van der Waals surface area (Å²) in [5.74, 6) is 0.329. The number of aryl methyl sites for hydroxylation is 1. The van der Waals surface area contributed by atoms with Crippen LogP contribution in [0.4, 0.5) is 11.5 Å². The van der Waals surface area contributed by atoms with Crippen molar-refractivity contribution in [1.29, 1.82) is 0 Å². The van der Waals surface area contributed by atoms with Crippen LogP contribution < -0.4 is 10.0 Å². The molecule has 0 spiro atoms. The third-order valence-corrected chi connectivity index (χ3v) is 6.44. The number of rotatable bonds is 9. The van der Waals surface area contributed by atoms with Crippen LogP contribution in [0, 0.1) is 0 Å². The summed E-state index contributed by atoms with van der Waals surface area (Å²) in [7, 11) is -3.55. The van der Waals surface area contributed by atoms with E-state index in [4.69, 9.17) is 0 Å². The number of pyridine rings is 1. The van der Waals surface area contributed by atoms with Gasteiger partial charge >= 0.3 is 0 Å². The molecule has 2 heterocycles. The first-order chi connectivity index (χ1) is 11.0. The second-order valence-electron chi connectivity index (χ2n) is 5.25. The van der Waals surface area contributed by atoms with Gasteiger partial charge in [0.2, 0.25) is 0 Å². The fraction of sp³-hybridized carbons (Fsp3) is 0.438. The molecule has 0 aliphatic heterocycles. The van der Waals surface area contributed by atoms with Gasteiger partial charge in [-0.2, -0.15) is 0 Å². The molecule has 0 fully saturated rings. The third-order valence-electron chi connectivity index (χ3n) is 3.36.